The summed E-state index contributed by atoms with van der Waals surface area (Å²) >= 11 is 0. The van der Waals surface area contributed by atoms with Crippen LogP contribution < -0.4 is 0 Å². The zero-order chi connectivity index (χ0) is 13.3. The molecule has 1 amide bonds. The van der Waals surface area contributed by atoms with Crippen molar-refractivity contribution in [3.8, 4) is 11.5 Å². The van der Waals surface area contributed by atoms with Gasteiger partial charge in [0.05, 0.1) is 5.56 Å². The van der Waals surface area contributed by atoms with Gasteiger partial charge in [-0.15, -0.1) is 0 Å². The molecule has 98 valence electrons. The SMILES string of the molecule is CC1CCN(C(=O)c2cc(O)ccc2O)C(C)C1. The number of piperidine rings is 1. The van der Waals surface area contributed by atoms with Crippen LogP contribution in [-0.2, 0) is 0 Å². The second kappa shape index (κ2) is 4.88. The lowest BCUT2D eigenvalue weighted by molar-refractivity contribution is 0.0585. The van der Waals surface area contributed by atoms with Gasteiger partial charge in [0.1, 0.15) is 11.5 Å². The van der Waals surface area contributed by atoms with E-state index in [1.54, 1.807) is 4.90 Å². The summed E-state index contributed by atoms with van der Waals surface area (Å²) in [6.07, 6.45) is 1.96. The third-order valence-electron chi connectivity index (χ3n) is 3.61. The predicted molar refractivity (Wildman–Crippen MR) is 68.7 cm³/mol. The molecule has 4 nitrogen and oxygen atoms in total. The average Bonchev–Trinajstić information content (AvgIpc) is 2.31. The summed E-state index contributed by atoms with van der Waals surface area (Å²) < 4.78 is 0. The predicted octanol–water partition coefficient (Wildman–Crippen LogP) is 2.36. The molecule has 0 saturated carbocycles. The molecule has 1 aromatic rings. The third-order valence-corrected chi connectivity index (χ3v) is 3.61. The van der Waals surface area contributed by atoms with E-state index in [4.69, 9.17) is 0 Å². The molecule has 4 heteroatoms. The molecule has 0 radical (unpaired) electrons. The van der Waals surface area contributed by atoms with Crippen LogP contribution in [0.3, 0.4) is 0 Å². The average molecular weight is 249 g/mol. The van der Waals surface area contributed by atoms with Gasteiger partial charge in [-0.05, 0) is 43.9 Å². The maximum atomic E-state index is 12.3. The van der Waals surface area contributed by atoms with Gasteiger partial charge in [0.15, 0.2) is 0 Å². The highest BCUT2D eigenvalue weighted by Crippen LogP contribution is 2.28. The first kappa shape index (κ1) is 12.7. The molecule has 1 fully saturated rings. The fourth-order valence-corrected chi connectivity index (χ4v) is 2.56. The fraction of sp³-hybridized carbons (Fsp3) is 0.500. The third kappa shape index (κ3) is 2.42. The molecule has 1 saturated heterocycles. The van der Waals surface area contributed by atoms with Crippen molar-refractivity contribution in [2.75, 3.05) is 6.54 Å². The largest absolute Gasteiger partial charge is 0.508 e. The summed E-state index contributed by atoms with van der Waals surface area (Å²) in [5.74, 6) is 0.336. The van der Waals surface area contributed by atoms with Crippen LogP contribution >= 0.6 is 0 Å². The first-order chi connectivity index (χ1) is 8.49. The Morgan fingerprint density at radius 1 is 1.33 bits per heavy atom. The Hall–Kier alpha value is -1.71. The van der Waals surface area contributed by atoms with Gasteiger partial charge in [-0.1, -0.05) is 6.92 Å². The Balaban J connectivity index is 2.23. The molecule has 0 bridgehead atoms. The Morgan fingerprint density at radius 2 is 2.06 bits per heavy atom. The van der Waals surface area contributed by atoms with Crippen LogP contribution in [-0.4, -0.2) is 33.6 Å². The number of aromatic hydroxyl groups is 2. The number of phenolic OH excluding ortho intramolecular Hbond substituents is 2. The lowest BCUT2D eigenvalue weighted by Gasteiger charge is -2.36. The van der Waals surface area contributed by atoms with Crippen molar-refractivity contribution in [1.29, 1.82) is 0 Å². The van der Waals surface area contributed by atoms with Crippen molar-refractivity contribution in [2.45, 2.75) is 32.7 Å². The van der Waals surface area contributed by atoms with Crippen LogP contribution in [0.5, 0.6) is 11.5 Å². The second-order valence-corrected chi connectivity index (χ2v) is 5.18. The van der Waals surface area contributed by atoms with Gasteiger partial charge >= 0.3 is 0 Å². The number of likely N-dealkylation sites (tertiary alicyclic amines) is 1. The topological polar surface area (TPSA) is 60.8 Å². The van der Waals surface area contributed by atoms with Crippen LogP contribution in [0.15, 0.2) is 18.2 Å². The quantitative estimate of drug-likeness (QED) is 0.751. The molecule has 0 aromatic heterocycles. The zero-order valence-electron chi connectivity index (χ0n) is 10.8. The van der Waals surface area contributed by atoms with E-state index in [-0.39, 0.29) is 29.0 Å². The van der Waals surface area contributed by atoms with Gasteiger partial charge in [0, 0.05) is 12.6 Å². The minimum absolute atomic E-state index is 0.00539. The van der Waals surface area contributed by atoms with Gasteiger partial charge < -0.3 is 15.1 Å². The monoisotopic (exact) mass is 249 g/mol. The molecule has 0 spiro atoms. The summed E-state index contributed by atoms with van der Waals surface area (Å²) in [7, 11) is 0. The van der Waals surface area contributed by atoms with E-state index >= 15 is 0 Å². The molecule has 1 heterocycles. The van der Waals surface area contributed by atoms with Crippen LogP contribution in [0.1, 0.15) is 37.0 Å². The maximum Gasteiger partial charge on any atom is 0.257 e. The number of benzene rings is 1. The summed E-state index contributed by atoms with van der Waals surface area (Å²) in [4.78, 5) is 14.1. The first-order valence-corrected chi connectivity index (χ1v) is 6.32. The normalized spacial score (nSPS) is 24.0. The molecule has 0 aliphatic carbocycles. The zero-order valence-corrected chi connectivity index (χ0v) is 10.8. The maximum absolute atomic E-state index is 12.3. The molecule has 2 rings (SSSR count). The molecule has 1 aromatic carbocycles. The van der Waals surface area contributed by atoms with E-state index in [9.17, 15) is 15.0 Å². The number of hydrogen-bond donors (Lipinski definition) is 2. The Morgan fingerprint density at radius 3 is 2.72 bits per heavy atom. The number of rotatable bonds is 1. The van der Waals surface area contributed by atoms with E-state index in [0.717, 1.165) is 12.8 Å². The molecular weight excluding hydrogens is 230 g/mol. The van der Waals surface area contributed by atoms with Crippen LogP contribution in [0.25, 0.3) is 0 Å². The van der Waals surface area contributed by atoms with Gasteiger partial charge in [0.2, 0.25) is 0 Å². The van der Waals surface area contributed by atoms with Crippen molar-refractivity contribution in [3.63, 3.8) is 0 Å². The molecule has 2 unspecified atom stereocenters. The molecule has 18 heavy (non-hydrogen) atoms. The van der Waals surface area contributed by atoms with E-state index in [1.165, 1.54) is 18.2 Å². The number of phenols is 2. The number of carbonyl (C=O) groups excluding carboxylic acids is 1. The number of hydrogen-bond acceptors (Lipinski definition) is 3. The van der Waals surface area contributed by atoms with Gasteiger partial charge in [-0.2, -0.15) is 0 Å². The summed E-state index contributed by atoms with van der Waals surface area (Å²) in [6.45, 7) is 4.91. The lowest BCUT2D eigenvalue weighted by atomic mass is 9.93. The van der Waals surface area contributed by atoms with Crippen molar-refractivity contribution >= 4 is 5.91 Å². The summed E-state index contributed by atoms with van der Waals surface area (Å²) in [5.41, 5.74) is 0.177. The number of nitrogens with zero attached hydrogens (tertiary/aromatic N) is 1. The summed E-state index contributed by atoms with van der Waals surface area (Å²) in [6, 6.07) is 4.21. The van der Waals surface area contributed by atoms with Crippen LogP contribution in [0.2, 0.25) is 0 Å². The number of carbonyl (C=O) groups is 1. The Bertz CT molecular complexity index is 458. The molecule has 2 N–H and O–H groups in total. The fourth-order valence-electron chi connectivity index (χ4n) is 2.56. The minimum Gasteiger partial charge on any atom is -0.508 e. The van der Waals surface area contributed by atoms with Crippen molar-refractivity contribution in [3.05, 3.63) is 23.8 Å². The van der Waals surface area contributed by atoms with Crippen molar-refractivity contribution < 1.29 is 15.0 Å². The molecule has 2 atom stereocenters. The van der Waals surface area contributed by atoms with Crippen molar-refractivity contribution in [2.24, 2.45) is 5.92 Å². The van der Waals surface area contributed by atoms with E-state index in [2.05, 4.69) is 6.92 Å². The van der Waals surface area contributed by atoms with Crippen LogP contribution in [0.4, 0.5) is 0 Å². The van der Waals surface area contributed by atoms with Crippen molar-refractivity contribution in [1.82, 2.24) is 4.90 Å². The highest BCUT2D eigenvalue weighted by Gasteiger charge is 2.28. The van der Waals surface area contributed by atoms with E-state index in [0.29, 0.717) is 12.5 Å². The highest BCUT2D eigenvalue weighted by molar-refractivity contribution is 5.97. The first-order valence-electron chi connectivity index (χ1n) is 6.32. The number of amides is 1. The highest BCUT2D eigenvalue weighted by atomic mass is 16.3. The Kier molecular flexibility index (Phi) is 3.45. The van der Waals surface area contributed by atoms with E-state index < -0.39 is 0 Å². The molecular formula is C14H19NO3. The Labute approximate surface area is 107 Å². The lowest BCUT2D eigenvalue weighted by Crippen LogP contribution is -2.44. The van der Waals surface area contributed by atoms with Crippen LogP contribution in [0, 0.1) is 5.92 Å². The molecule has 1 aliphatic heterocycles. The minimum atomic E-state index is -0.206. The van der Waals surface area contributed by atoms with E-state index in [1.807, 2.05) is 6.92 Å². The smallest absolute Gasteiger partial charge is 0.257 e. The van der Waals surface area contributed by atoms with Gasteiger partial charge in [-0.25, -0.2) is 0 Å². The summed E-state index contributed by atoms with van der Waals surface area (Å²) in [5, 5.41) is 19.1. The second-order valence-electron chi connectivity index (χ2n) is 5.18. The van der Waals surface area contributed by atoms with Gasteiger partial charge in [0.25, 0.3) is 5.91 Å². The van der Waals surface area contributed by atoms with Gasteiger partial charge in [-0.3, -0.25) is 4.79 Å². The molecule has 1 aliphatic rings. The standard InChI is InChI=1S/C14H19NO3/c1-9-5-6-15(10(2)7-9)14(18)12-8-11(16)3-4-13(12)17/h3-4,8-10,16-17H,5-7H2,1-2H3.